The summed E-state index contributed by atoms with van der Waals surface area (Å²) in [5.74, 6) is -5.14. The molecule has 0 aliphatic carbocycles. The van der Waals surface area contributed by atoms with Crippen LogP contribution in [0, 0.1) is 24.4 Å². The number of hydrogen-bond donors (Lipinski definition) is 2. The van der Waals surface area contributed by atoms with Gasteiger partial charge in [0, 0.05) is 0 Å². The number of halogens is 3. The average molecular weight is 408 g/mol. The first-order chi connectivity index (χ1) is 13.6. The molecule has 0 spiro atoms. The van der Waals surface area contributed by atoms with Gasteiger partial charge >= 0.3 is 0 Å². The summed E-state index contributed by atoms with van der Waals surface area (Å²) in [7, 11) is 0. The number of hydrogen-bond acceptors (Lipinski definition) is 3. The van der Waals surface area contributed by atoms with Gasteiger partial charge in [-0.05, 0) is 49.1 Å². The van der Waals surface area contributed by atoms with E-state index in [1.54, 1.807) is 0 Å². The number of rotatable bonds is 7. The maximum Gasteiger partial charge on any atom is 0.261 e. The van der Waals surface area contributed by atoms with Crippen molar-refractivity contribution >= 4 is 17.5 Å². The van der Waals surface area contributed by atoms with Gasteiger partial charge in [-0.1, -0.05) is 26.0 Å². The fraction of sp³-hybridized carbons (Fsp3) is 0.333. The first kappa shape index (κ1) is 22.3. The molecule has 2 amide bonds. The van der Waals surface area contributed by atoms with E-state index in [4.69, 9.17) is 4.74 Å². The fourth-order valence-corrected chi connectivity index (χ4v) is 2.59. The van der Waals surface area contributed by atoms with Gasteiger partial charge in [0.15, 0.2) is 23.6 Å². The smallest absolute Gasteiger partial charge is 0.261 e. The van der Waals surface area contributed by atoms with Crippen LogP contribution in [-0.2, 0) is 9.59 Å². The SMILES string of the molecule is Cc1ccc(C(C)C)c(OC(C)C(=O)NCC(=O)Nc2ccc(F)c(F)c2F)c1. The number of aryl methyl sites for hydroxylation is 1. The third-order valence-electron chi connectivity index (χ3n) is 4.20. The highest BCUT2D eigenvalue weighted by atomic mass is 19.2. The van der Waals surface area contributed by atoms with Crippen LogP contribution in [-0.4, -0.2) is 24.5 Å². The Morgan fingerprint density at radius 2 is 1.72 bits per heavy atom. The van der Waals surface area contributed by atoms with Crippen molar-refractivity contribution in [1.82, 2.24) is 5.32 Å². The molecule has 0 aliphatic rings. The first-order valence-electron chi connectivity index (χ1n) is 9.08. The zero-order valence-electron chi connectivity index (χ0n) is 16.6. The van der Waals surface area contributed by atoms with E-state index in [2.05, 4.69) is 10.6 Å². The number of anilines is 1. The molecule has 29 heavy (non-hydrogen) atoms. The summed E-state index contributed by atoms with van der Waals surface area (Å²) in [6, 6.07) is 7.30. The standard InChI is InChI=1S/C21H23F3N2O3/c1-11(2)14-6-5-12(3)9-17(14)29-13(4)21(28)25-10-18(27)26-16-8-7-15(22)19(23)20(16)24/h5-9,11,13H,10H2,1-4H3,(H,25,28)(H,26,27). The molecule has 0 fully saturated rings. The summed E-state index contributed by atoms with van der Waals surface area (Å²) in [5, 5.41) is 4.44. The summed E-state index contributed by atoms with van der Waals surface area (Å²) in [4.78, 5) is 24.1. The number of carbonyl (C=O) groups is 2. The van der Waals surface area contributed by atoms with Crippen molar-refractivity contribution in [2.75, 3.05) is 11.9 Å². The normalized spacial score (nSPS) is 11.9. The van der Waals surface area contributed by atoms with Crippen LogP contribution in [0.2, 0.25) is 0 Å². The Morgan fingerprint density at radius 3 is 2.38 bits per heavy atom. The molecule has 0 radical (unpaired) electrons. The molecule has 0 saturated carbocycles. The highest BCUT2D eigenvalue weighted by molar-refractivity contribution is 5.95. The highest BCUT2D eigenvalue weighted by Crippen LogP contribution is 2.28. The van der Waals surface area contributed by atoms with Crippen molar-refractivity contribution in [2.24, 2.45) is 0 Å². The van der Waals surface area contributed by atoms with Crippen molar-refractivity contribution in [3.8, 4) is 5.75 Å². The number of benzene rings is 2. The quantitative estimate of drug-likeness (QED) is 0.679. The minimum absolute atomic E-state index is 0.192. The van der Waals surface area contributed by atoms with Crippen molar-refractivity contribution in [2.45, 2.75) is 39.7 Å². The average Bonchev–Trinajstić information content (AvgIpc) is 2.66. The predicted octanol–water partition coefficient (Wildman–Crippen LogP) is 4.06. The molecule has 2 N–H and O–H groups in total. The lowest BCUT2D eigenvalue weighted by atomic mass is 10.0. The zero-order valence-corrected chi connectivity index (χ0v) is 16.6. The van der Waals surface area contributed by atoms with Gasteiger partial charge in [0.25, 0.3) is 5.91 Å². The van der Waals surface area contributed by atoms with Crippen LogP contribution in [0.25, 0.3) is 0 Å². The van der Waals surface area contributed by atoms with Crippen molar-refractivity contribution in [3.63, 3.8) is 0 Å². The monoisotopic (exact) mass is 408 g/mol. The summed E-state index contributed by atoms with van der Waals surface area (Å²) in [6.45, 7) is 6.96. The maximum absolute atomic E-state index is 13.6. The van der Waals surface area contributed by atoms with Gasteiger partial charge in [0.2, 0.25) is 5.91 Å². The first-order valence-corrected chi connectivity index (χ1v) is 9.08. The Morgan fingerprint density at radius 1 is 1.03 bits per heavy atom. The number of ether oxygens (including phenoxy) is 1. The fourth-order valence-electron chi connectivity index (χ4n) is 2.59. The van der Waals surface area contributed by atoms with E-state index in [-0.39, 0.29) is 5.92 Å². The van der Waals surface area contributed by atoms with E-state index >= 15 is 0 Å². The van der Waals surface area contributed by atoms with Crippen molar-refractivity contribution < 1.29 is 27.5 Å². The van der Waals surface area contributed by atoms with Crippen LogP contribution in [0.5, 0.6) is 5.75 Å². The second-order valence-electron chi connectivity index (χ2n) is 6.94. The Hall–Kier alpha value is -3.03. The topological polar surface area (TPSA) is 67.4 Å². The van der Waals surface area contributed by atoms with Gasteiger partial charge in [-0.15, -0.1) is 0 Å². The van der Waals surface area contributed by atoms with Crippen LogP contribution >= 0.6 is 0 Å². The Kier molecular flexibility index (Phi) is 7.25. The maximum atomic E-state index is 13.6. The minimum Gasteiger partial charge on any atom is -0.481 e. The van der Waals surface area contributed by atoms with Crippen molar-refractivity contribution in [3.05, 3.63) is 58.9 Å². The zero-order chi connectivity index (χ0) is 21.7. The molecular weight excluding hydrogens is 385 g/mol. The lowest BCUT2D eigenvalue weighted by molar-refractivity contribution is -0.129. The molecule has 0 aliphatic heterocycles. The van der Waals surface area contributed by atoms with Gasteiger partial charge in [-0.25, -0.2) is 13.2 Å². The van der Waals surface area contributed by atoms with Gasteiger partial charge in [0.1, 0.15) is 5.75 Å². The third kappa shape index (κ3) is 5.73. The largest absolute Gasteiger partial charge is 0.481 e. The van der Waals surface area contributed by atoms with E-state index in [1.165, 1.54) is 6.92 Å². The Balaban J connectivity index is 1.95. The van der Waals surface area contributed by atoms with Gasteiger partial charge in [-0.2, -0.15) is 0 Å². The molecule has 0 bridgehead atoms. The number of amides is 2. The number of nitrogens with one attached hydrogen (secondary N) is 2. The van der Waals surface area contributed by atoms with Crippen molar-refractivity contribution in [1.29, 1.82) is 0 Å². The molecule has 1 unspecified atom stereocenters. The van der Waals surface area contributed by atoms with E-state index in [0.717, 1.165) is 17.2 Å². The molecule has 0 aromatic heterocycles. The van der Waals surface area contributed by atoms with Crippen LogP contribution < -0.4 is 15.4 Å². The number of carbonyl (C=O) groups excluding carboxylic acids is 2. The lowest BCUT2D eigenvalue weighted by Crippen LogP contribution is -2.40. The van der Waals surface area contributed by atoms with Gasteiger partial charge < -0.3 is 15.4 Å². The summed E-state index contributed by atoms with van der Waals surface area (Å²) < 4.78 is 45.5. The molecule has 5 nitrogen and oxygen atoms in total. The van der Waals surface area contributed by atoms with Crippen LogP contribution in [0.1, 0.15) is 37.8 Å². The Bertz CT molecular complexity index is 916. The summed E-state index contributed by atoms with van der Waals surface area (Å²) in [5.41, 5.74) is 1.40. The molecule has 156 valence electrons. The van der Waals surface area contributed by atoms with Crippen LogP contribution in [0.3, 0.4) is 0 Å². The second-order valence-corrected chi connectivity index (χ2v) is 6.94. The highest BCUT2D eigenvalue weighted by Gasteiger charge is 2.19. The molecule has 8 heteroatoms. The van der Waals surface area contributed by atoms with Gasteiger partial charge in [0.05, 0.1) is 12.2 Å². The molecule has 2 rings (SSSR count). The summed E-state index contributed by atoms with van der Waals surface area (Å²) >= 11 is 0. The second kappa shape index (κ2) is 9.45. The minimum atomic E-state index is -1.69. The van der Waals surface area contributed by atoms with Crippen LogP contribution in [0.4, 0.5) is 18.9 Å². The van der Waals surface area contributed by atoms with E-state index in [0.29, 0.717) is 11.8 Å². The van der Waals surface area contributed by atoms with Gasteiger partial charge in [-0.3, -0.25) is 9.59 Å². The Labute approximate surface area is 167 Å². The lowest BCUT2D eigenvalue weighted by Gasteiger charge is -2.19. The van der Waals surface area contributed by atoms with Crippen LogP contribution in [0.15, 0.2) is 30.3 Å². The van der Waals surface area contributed by atoms with E-state index in [1.807, 2.05) is 39.0 Å². The molecule has 2 aromatic carbocycles. The molecule has 0 saturated heterocycles. The summed E-state index contributed by atoms with van der Waals surface area (Å²) in [6.07, 6.45) is -0.887. The van der Waals surface area contributed by atoms with E-state index < -0.39 is 47.6 Å². The third-order valence-corrected chi connectivity index (χ3v) is 4.20. The molecule has 2 aromatic rings. The molecule has 1 atom stereocenters. The predicted molar refractivity (Wildman–Crippen MR) is 103 cm³/mol. The van der Waals surface area contributed by atoms with E-state index in [9.17, 15) is 22.8 Å². The molecule has 0 heterocycles. The molecular formula is C21H23F3N2O3.